The van der Waals surface area contributed by atoms with Crippen molar-refractivity contribution in [3.8, 4) is 0 Å². The molecule has 2 aliphatic carbocycles. The first-order valence-corrected chi connectivity index (χ1v) is 21.5. The summed E-state index contributed by atoms with van der Waals surface area (Å²) < 4.78 is 36.7. The largest absolute Gasteiger partial charge is 0.394 e. The van der Waals surface area contributed by atoms with E-state index in [1.165, 1.54) is 25.9 Å². The van der Waals surface area contributed by atoms with Crippen molar-refractivity contribution in [2.45, 2.75) is 177 Å². The number of aliphatic hydroxyl groups is 5. The summed E-state index contributed by atoms with van der Waals surface area (Å²) in [6.45, 7) is 4.65. The average molecular weight is 846 g/mol. The summed E-state index contributed by atoms with van der Waals surface area (Å²) in [4.78, 5) is 53.8. The first-order chi connectivity index (χ1) is 28.1. The molecule has 2 saturated heterocycles. The van der Waals surface area contributed by atoms with Crippen LogP contribution < -0.4 is 10.6 Å². The van der Waals surface area contributed by atoms with Gasteiger partial charge in [-0.05, 0) is 44.4 Å². The fraction of sp³-hybridized carbons (Fsp3) is 0.902. The van der Waals surface area contributed by atoms with E-state index in [0.717, 1.165) is 32.1 Å². The number of carbonyl (C=O) groups excluding carboxylic acids is 4. The zero-order chi connectivity index (χ0) is 43.4. The summed E-state index contributed by atoms with van der Waals surface area (Å²) in [5.41, 5.74) is 0. The molecule has 3 amide bonds. The van der Waals surface area contributed by atoms with Gasteiger partial charge in [0.05, 0.1) is 31.5 Å². The molecule has 4 fully saturated rings. The zero-order valence-corrected chi connectivity index (χ0v) is 35.6. The number of carbonyl (C=O) groups is 4. The smallest absolute Gasteiger partial charge is 0.251 e. The molecule has 0 radical (unpaired) electrons. The van der Waals surface area contributed by atoms with Crippen LogP contribution in [0.3, 0.4) is 0 Å². The lowest BCUT2D eigenvalue weighted by Gasteiger charge is -2.49. The third-order valence-corrected chi connectivity index (χ3v) is 12.3. The zero-order valence-electron chi connectivity index (χ0n) is 35.6. The lowest BCUT2D eigenvalue weighted by Crippen LogP contribution is -2.67. The van der Waals surface area contributed by atoms with Crippen molar-refractivity contribution in [3.05, 3.63) is 0 Å². The van der Waals surface area contributed by atoms with Crippen molar-refractivity contribution >= 4 is 23.5 Å². The molecule has 0 aromatic carbocycles. The van der Waals surface area contributed by atoms with E-state index in [9.17, 15) is 44.7 Å². The van der Waals surface area contributed by atoms with E-state index in [4.69, 9.17) is 28.4 Å². The van der Waals surface area contributed by atoms with Crippen LogP contribution in [0.2, 0.25) is 0 Å². The van der Waals surface area contributed by atoms with Crippen LogP contribution in [0, 0.1) is 17.8 Å². The molecule has 18 heteroatoms. The third kappa shape index (κ3) is 13.6. The Bertz CT molecular complexity index is 1340. The predicted molar refractivity (Wildman–Crippen MR) is 210 cm³/mol. The summed E-state index contributed by atoms with van der Waals surface area (Å²) >= 11 is 0. The van der Waals surface area contributed by atoms with Gasteiger partial charge in [0.25, 0.3) is 5.91 Å². The van der Waals surface area contributed by atoms with Crippen molar-refractivity contribution in [2.75, 3.05) is 41.0 Å². The number of nitrogens with zero attached hydrogens (tertiary/aromatic N) is 1. The SMILES string of the molecule is CC[C@@H]1CC(C(=O)CCCNC(=O)CCOC)C[C@@H](O[C@@H]2O[C@@H](CO)[C@H](O)C(O[C@@H](CC3CCCCC3)C(=O)N(C)C)C2NC(C)=O)C1OC1O[C@@H](C)C(O)[C@H](O)[C@@H]1O. The first kappa shape index (κ1) is 49.3. The number of hydrogen-bond donors (Lipinski definition) is 7. The van der Waals surface area contributed by atoms with Crippen LogP contribution in [0.25, 0.3) is 0 Å². The van der Waals surface area contributed by atoms with Gasteiger partial charge in [-0.1, -0.05) is 45.4 Å². The highest BCUT2D eigenvalue weighted by molar-refractivity contribution is 5.81. The molecule has 340 valence electrons. The van der Waals surface area contributed by atoms with Crippen molar-refractivity contribution in [1.82, 2.24) is 15.5 Å². The van der Waals surface area contributed by atoms with Gasteiger partial charge in [-0.15, -0.1) is 0 Å². The number of likely N-dealkylation sites (N-methyl/N-ethyl adjacent to an activating group) is 1. The van der Waals surface area contributed by atoms with E-state index in [1.54, 1.807) is 14.1 Å². The van der Waals surface area contributed by atoms with E-state index in [0.29, 0.717) is 32.2 Å². The van der Waals surface area contributed by atoms with Gasteiger partial charge in [0.2, 0.25) is 11.8 Å². The van der Waals surface area contributed by atoms with E-state index in [1.807, 2.05) is 6.92 Å². The van der Waals surface area contributed by atoms with Crippen LogP contribution in [0.15, 0.2) is 0 Å². The predicted octanol–water partition coefficient (Wildman–Crippen LogP) is -0.0823. The number of ether oxygens (including phenoxy) is 6. The fourth-order valence-electron chi connectivity index (χ4n) is 8.89. The normalized spacial score (nSPS) is 36.1. The van der Waals surface area contributed by atoms with E-state index in [2.05, 4.69) is 10.6 Å². The molecule has 0 aromatic heterocycles. The van der Waals surface area contributed by atoms with Crippen LogP contribution in [0.1, 0.15) is 97.8 Å². The minimum absolute atomic E-state index is 0.0663. The summed E-state index contributed by atoms with van der Waals surface area (Å²) in [6, 6.07) is -1.21. The monoisotopic (exact) mass is 845 g/mol. The maximum Gasteiger partial charge on any atom is 0.251 e. The highest BCUT2D eigenvalue weighted by atomic mass is 16.7. The van der Waals surface area contributed by atoms with Crippen molar-refractivity contribution in [3.63, 3.8) is 0 Å². The first-order valence-electron chi connectivity index (χ1n) is 21.5. The minimum Gasteiger partial charge on any atom is -0.394 e. The molecular weight excluding hydrogens is 774 g/mol. The number of aliphatic hydroxyl groups excluding tert-OH is 5. The fourth-order valence-corrected chi connectivity index (χ4v) is 8.89. The highest BCUT2D eigenvalue weighted by Crippen LogP contribution is 2.40. The number of amides is 3. The number of hydrogen-bond acceptors (Lipinski definition) is 15. The number of methoxy groups -OCH3 is 1. The maximum absolute atomic E-state index is 13.8. The molecule has 2 heterocycles. The standard InChI is InChI=1S/C41H71N3O15/c1-7-25-19-26(27(47)14-11-16-42-31(48)15-17-54-6)20-28(37(25)59-41-36(52)35(51)33(49)22(2)55-41)57-40-32(43-23(3)46)38(34(50)30(21-45)58-40)56-29(39(53)44(4)5)18-24-12-9-8-10-13-24/h22,24-26,28-30,32-38,40-41,45,49-52H,7-21H2,1-6H3,(H,42,48)(H,43,46)/t22-,25+,26?,28+,29-,30-,32?,33?,34-,35-,36-,37?,38?,40+,41?/m0/s1. The van der Waals surface area contributed by atoms with E-state index < -0.39 is 98.1 Å². The molecule has 0 aromatic rings. The molecule has 0 bridgehead atoms. The van der Waals surface area contributed by atoms with E-state index >= 15 is 0 Å². The number of Topliss-reactive ketones (excluding diaryl/α,β-unsaturated/α-hetero) is 1. The second-order valence-corrected chi connectivity index (χ2v) is 17.0. The topological polar surface area (TPSA) is 252 Å². The van der Waals surface area contributed by atoms with Gasteiger partial charge in [0, 0.05) is 53.4 Å². The molecule has 2 aliphatic heterocycles. The summed E-state index contributed by atoms with van der Waals surface area (Å²) in [6.07, 6.45) is -7.98. The quantitative estimate of drug-likeness (QED) is 0.0792. The highest BCUT2D eigenvalue weighted by Gasteiger charge is 2.53. The Morgan fingerprint density at radius 1 is 0.881 bits per heavy atom. The molecule has 4 rings (SSSR count). The van der Waals surface area contributed by atoms with Crippen molar-refractivity contribution < 1.29 is 73.1 Å². The summed E-state index contributed by atoms with van der Waals surface area (Å²) in [5, 5.41) is 59.6. The molecule has 2 saturated carbocycles. The van der Waals surface area contributed by atoms with Crippen LogP contribution in [-0.2, 0) is 47.6 Å². The van der Waals surface area contributed by atoms with Crippen molar-refractivity contribution in [2.24, 2.45) is 17.8 Å². The molecule has 18 nitrogen and oxygen atoms in total. The summed E-state index contributed by atoms with van der Waals surface area (Å²) in [7, 11) is 4.74. The Morgan fingerprint density at radius 2 is 1.59 bits per heavy atom. The molecule has 4 aliphatic rings. The number of ketones is 1. The van der Waals surface area contributed by atoms with Crippen LogP contribution >= 0.6 is 0 Å². The molecule has 6 unspecified atom stereocenters. The Hall–Kier alpha value is -2.36. The third-order valence-electron chi connectivity index (χ3n) is 12.3. The Kier molecular flexibility index (Phi) is 19.8. The van der Waals surface area contributed by atoms with Gasteiger partial charge in [-0.25, -0.2) is 0 Å². The minimum atomic E-state index is -1.63. The average Bonchev–Trinajstić information content (AvgIpc) is 3.21. The second-order valence-electron chi connectivity index (χ2n) is 17.0. The Morgan fingerprint density at radius 3 is 2.22 bits per heavy atom. The van der Waals surface area contributed by atoms with E-state index in [-0.39, 0.29) is 55.3 Å². The maximum atomic E-state index is 13.8. The van der Waals surface area contributed by atoms with Gasteiger partial charge in [0.15, 0.2) is 12.6 Å². The van der Waals surface area contributed by atoms with Gasteiger partial charge >= 0.3 is 0 Å². The molecule has 59 heavy (non-hydrogen) atoms. The van der Waals surface area contributed by atoms with Crippen LogP contribution in [0.4, 0.5) is 0 Å². The van der Waals surface area contributed by atoms with Crippen molar-refractivity contribution in [1.29, 1.82) is 0 Å². The van der Waals surface area contributed by atoms with Gasteiger partial charge in [-0.3, -0.25) is 19.2 Å². The van der Waals surface area contributed by atoms with Gasteiger partial charge < -0.3 is 69.5 Å². The number of rotatable bonds is 20. The second kappa shape index (κ2) is 23.7. The van der Waals surface area contributed by atoms with Gasteiger partial charge in [0.1, 0.15) is 54.6 Å². The molecular formula is C41H71N3O15. The van der Waals surface area contributed by atoms with Gasteiger partial charge in [-0.2, -0.15) is 0 Å². The Balaban J connectivity index is 1.65. The molecule has 0 spiro atoms. The number of nitrogens with one attached hydrogen (secondary N) is 2. The van der Waals surface area contributed by atoms with Crippen LogP contribution in [0.5, 0.6) is 0 Å². The molecule has 15 atom stereocenters. The Labute approximate surface area is 347 Å². The molecule has 7 N–H and O–H groups in total. The summed E-state index contributed by atoms with van der Waals surface area (Å²) in [5.74, 6) is -1.77. The van der Waals surface area contributed by atoms with Crippen LogP contribution in [-0.4, -0.2) is 175 Å². The lowest BCUT2D eigenvalue weighted by molar-refractivity contribution is -0.338. The lowest BCUT2D eigenvalue weighted by atomic mass is 9.74.